The number of aliphatic carboxylic acids is 1. The molecule has 0 radical (unpaired) electrons. The molecule has 112 valence electrons. The molecule has 1 aliphatic carbocycles. The van der Waals surface area contributed by atoms with Crippen LogP contribution in [-0.2, 0) is 9.59 Å². The summed E-state index contributed by atoms with van der Waals surface area (Å²) in [5.74, 6) is -2.67. The molecule has 0 heterocycles. The quantitative estimate of drug-likeness (QED) is 0.668. The molecule has 2 atom stereocenters. The Hall–Kier alpha value is -1.68. The van der Waals surface area contributed by atoms with E-state index in [1.54, 1.807) is 24.3 Å². The lowest BCUT2D eigenvalue weighted by atomic mass is 9.76. The SMILES string of the molecule is O=C(CC(=O)[C@H]1CCCC[C@@H]1C(=O)O)c1ccc(Cl)cc1. The van der Waals surface area contributed by atoms with E-state index in [1.165, 1.54) is 0 Å². The first kappa shape index (κ1) is 15.7. The third-order valence-electron chi connectivity index (χ3n) is 4.00. The van der Waals surface area contributed by atoms with E-state index in [0.29, 0.717) is 23.4 Å². The van der Waals surface area contributed by atoms with Crippen LogP contribution in [0.15, 0.2) is 24.3 Å². The second-order valence-electron chi connectivity index (χ2n) is 5.41. The van der Waals surface area contributed by atoms with Gasteiger partial charge in [0.15, 0.2) is 5.78 Å². The molecule has 1 aliphatic rings. The number of rotatable bonds is 5. The first-order valence-corrected chi connectivity index (χ1v) is 7.41. The van der Waals surface area contributed by atoms with Gasteiger partial charge in [-0.1, -0.05) is 24.4 Å². The van der Waals surface area contributed by atoms with Crippen LogP contribution >= 0.6 is 11.6 Å². The summed E-state index contributed by atoms with van der Waals surface area (Å²) in [6.45, 7) is 0. The number of carbonyl (C=O) groups excluding carboxylic acids is 2. The molecule has 0 amide bonds. The van der Waals surface area contributed by atoms with Crippen LogP contribution in [0.2, 0.25) is 5.02 Å². The highest BCUT2D eigenvalue weighted by atomic mass is 35.5. The normalized spacial score (nSPS) is 21.8. The maximum absolute atomic E-state index is 12.3. The number of Topliss-reactive ketones (excluding diaryl/α,β-unsaturated/α-hetero) is 2. The number of hydrogen-bond acceptors (Lipinski definition) is 3. The van der Waals surface area contributed by atoms with Crippen molar-refractivity contribution in [2.45, 2.75) is 32.1 Å². The van der Waals surface area contributed by atoms with Crippen LogP contribution in [0.1, 0.15) is 42.5 Å². The van der Waals surface area contributed by atoms with Crippen LogP contribution < -0.4 is 0 Å². The average Bonchev–Trinajstić information content (AvgIpc) is 2.47. The number of carboxylic acids is 1. The molecule has 1 N–H and O–H groups in total. The Kier molecular flexibility index (Phi) is 5.12. The molecule has 0 aromatic heterocycles. The minimum Gasteiger partial charge on any atom is -0.481 e. The summed E-state index contributed by atoms with van der Waals surface area (Å²) < 4.78 is 0. The van der Waals surface area contributed by atoms with Gasteiger partial charge in [-0.25, -0.2) is 0 Å². The molecule has 0 spiro atoms. The smallest absolute Gasteiger partial charge is 0.307 e. The highest BCUT2D eigenvalue weighted by molar-refractivity contribution is 6.30. The van der Waals surface area contributed by atoms with Crippen molar-refractivity contribution in [3.8, 4) is 0 Å². The Bertz CT molecular complexity index is 550. The Morgan fingerprint density at radius 1 is 1.05 bits per heavy atom. The largest absolute Gasteiger partial charge is 0.481 e. The Labute approximate surface area is 128 Å². The number of carboxylic acid groups (broad SMARTS) is 1. The van der Waals surface area contributed by atoms with Crippen LogP contribution in [0.25, 0.3) is 0 Å². The Morgan fingerprint density at radius 2 is 1.62 bits per heavy atom. The molecule has 1 aromatic rings. The summed E-state index contributed by atoms with van der Waals surface area (Å²) in [5, 5.41) is 9.71. The van der Waals surface area contributed by atoms with E-state index in [2.05, 4.69) is 0 Å². The van der Waals surface area contributed by atoms with E-state index in [9.17, 15) is 19.5 Å². The zero-order valence-corrected chi connectivity index (χ0v) is 12.3. The molecule has 5 heteroatoms. The number of carbonyl (C=O) groups is 3. The van der Waals surface area contributed by atoms with Gasteiger partial charge in [-0.2, -0.15) is 0 Å². The molecular formula is C16H17ClO4. The van der Waals surface area contributed by atoms with Gasteiger partial charge in [-0.3, -0.25) is 14.4 Å². The molecule has 0 aliphatic heterocycles. The van der Waals surface area contributed by atoms with E-state index in [0.717, 1.165) is 12.8 Å². The summed E-state index contributed by atoms with van der Waals surface area (Å²) in [6.07, 6.45) is 2.50. The van der Waals surface area contributed by atoms with Crippen LogP contribution in [0.5, 0.6) is 0 Å². The standard InChI is InChI=1S/C16H17ClO4/c17-11-7-5-10(6-8-11)14(18)9-15(19)12-3-1-2-4-13(12)16(20)21/h5-8,12-13H,1-4,9H2,(H,20,21)/t12-,13-/m0/s1. The van der Waals surface area contributed by atoms with Crippen molar-refractivity contribution in [1.82, 2.24) is 0 Å². The summed E-state index contributed by atoms with van der Waals surface area (Å²) in [6, 6.07) is 6.35. The lowest BCUT2D eigenvalue weighted by Crippen LogP contribution is -2.33. The predicted octanol–water partition coefficient (Wildman–Crippen LogP) is 3.37. The van der Waals surface area contributed by atoms with Crippen molar-refractivity contribution < 1.29 is 19.5 Å². The summed E-state index contributed by atoms with van der Waals surface area (Å²) in [4.78, 5) is 35.5. The number of benzene rings is 1. The lowest BCUT2D eigenvalue weighted by molar-refractivity contribution is -0.148. The second kappa shape index (κ2) is 6.85. The average molecular weight is 309 g/mol. The van der Waals surface area contributed by atoms with Gasteiger partial charge >= 0.3 is 5.97 Å². The molecule has 21 heavy (non-hydrogen) atoms. The van der Waals surface area contributed by atoms with E-state index < -0.39 is 17.8 Å². The second-order valence-corrected chi connectivity index (χ2v) is 5.85. The van der Waals surface area contributed by atoms with Crippen molar-refractivity contribution in [3.63, 3.8) is 0 Å². The fourth-order valence-corrected chi connectivity index (χ4v) is 2.97. The van der Waals surface area contributed by atoms with Crippen molar-refractivity contribution in [2.24, 2.45) is 11.8 Å². The zero-order chi connectivity index (χ0) is 15.4. The molecular weight excluding hydrogens is 292 g/mol. The van der Waals surface area contributed by atoms with Crippen LogP contribution in [0.3, 0.4) is 0 Å². The first-order valence-electron chi connectivity index (χ1n) is 7.03. The van der Waals surface area contributed by atoms with Gasteiger partial charge < -0.3 is 5.11 Å². The van der Waals surface area contributed by atoms with Gasteiger partial charge in [-0.05, 0) is 37.1 Å². The predicted molar refractivity (Wildman–Crippen MR) is 78.5 cm³/mol. The third-order valence-corrected chi connectivity index (χ3v) is 4.25. The van der Waals surface area contributed by atoms with Crippen LogP contribution in [-0.4, -0.2) is 22.6 Å². The van der Waals surface area contributed by atoms with E-state index in [-0.39, 0.29) is 18.0 Å². The van der Waals surface area contributed by atoms with Crippen molar-refractivity contribution in [2.75, 3.05) is 0 Å². The van der Waals surface area contributed by atoms with Gasteiger partial charge in [0.2, 0.25) is 0 Å². The summed E-state index contributed by atoms with van der Waals surface area (Å²) in [7, 11) is 0. The zero-order valence-electron chi connectivity index (χ0n) is 11.5. The minimum absolute atomic E-state index is 0.240. The number of halogens is 1. The monoisotopic (exact) mass is 308 g/mol. The Morgan fingerprint density at radius 3 is 2.19 bits per heavy atom. The summed E-state index contributed by atoms with van der Waals surface area (Å²) >= 11 is 5.75. The van der Waals surface area contributed by atoms with Gasteiger partial charge in [-0.15, -0.1) is 0 Å². The minimum atomic E-state index is -0.938. The fourth-order valence-electron chi connectivity index (χ4n) is 2.84. The first-order chi connectivity index (χ1) is 9.99. The molecule has 0 unspecified atom stereocenters. The molecule has 1 aromatic carbocycles. The maximum atomic E-state index is 12.3. The van der Waals surface area contributed by atoms with Gasteiger partial charge in [0.25, 0.3) is 0 Å². The fraction of sp³-hybridized carbons (Fsp3) is 0.438. The molecule has 1 fully saturated rings. The molecule has 4 nitrogen and oxygen atoms in total. The lowest BCUT2D eigenvalue weighted by Gasteiger charge is -2.27. The van der Waals surface area contributed by atoms with Crippen molar-refractivity contribution in [1.29, 1.82) is 0 Å². The van der Waals surface area contributed by atoms with Crippen LogP contribution in [0.4, 0.5) is 0 Å². The van der Waals surface area contributed by atoms with Crippen molar-refractivity contribution in [3.05, 3.63) is 34.9 Å². The molecule has 2 rings (SSSR count). The molecule has 1 saturated carbocycles. The maximum Gasteiger partial charge on any atom is 0.307 e. The van der Waals surface area contributed by atoms with Gasteiger partial charge in [0.1, 0.15) is 5.78 Å². The highest BCUT2D eigenvalue weighted by Gasteiger charge is 2.36. The van der Waals surface area contributed by atoms with E-state index in [4.69, 9.17) is 11.6 Å². The number of ketones is 2. The van der Waals surface area contributed by atoms with E-state index >= 15 is 0 Å². The van der Waals surface area contributed by atoms with E-state index in [1.807, 2.05) is 0 Å². The number of hydrogen-bond donors (Lipinski definition) is 1. The van der Waals surface area contributed by atoms with Crippen LogP contribution in [0, 0.1) is 11.8 Å². The molecule has 0 bridgehead atoms. The highest BCUT2D eigenvalue weighted by Crippen LogP contribution is 2.32. The third kappa shape index (κ3) is 3.91. The molecule has 0 saturated heterocycles. The summed E-state index contributed by atoms with van der Waals surface area (Å²) in [5.41, 5.74) is 0.426. The van der Waals surface area contributed by atoms with Crippen molar-refractivity contribution >= 4 is 29.1 Å². The van der Waals surface area contributed by atoms with Gasteiger partial charge in [0.05, 0.1) is 12.3 Å². The van der Waals surface area contributed by atoms with Gasteiger partial charge in [0, 0.05) is 16.5 Å². The Balaban J connectivity index is 2.04. The topological polar surface area (TPSA) is 71.4 Å².